The van der Waals surface area contributed by atoms with E-state index in [4.69, 9.17) is 37.9 Å². The Balaban J connectivity index is 0.989. The first-order chi connectivity index (χ1) is 29.6. The number of fused-ring (bicyclic) bond motifs is 5. The summed E-state index contributed by atoms with van der Waals surface area (Å²) >= 11 is 0. The van der Waals surface area contributed by atoms with Crippen LogP contribution in [0, 0.1) is 46.3 Å². The maximum Gasteiger partial charge on any atom is 0.186 e. The molecule has 7 rings (SSSR count). The summed E-state index contributed by atoms with van der Waals surface area (Å²) in [6.07, 6.45) is -17.4. The molecule has 0 aromatic rings. The van der Waals surface area contributed by atoms with E-state index in [0.717, 1.165) is 0 Å². The fraction of sp³-hybridized carbons (Fsp3) is 1.00. The summed E-state index contributed by atoms with van der Waals surface area (Å²) in [7, 11) is 2.88. The molecule has 366 valence electrons. The molecule has 3 saturated heterocycles. The molecule has 4 aliphatic carbocycles. The number of aliphatic hydroxyl groups excluding tert-OH is 10. The van der Waals surface area contributed by atoms with Gasteiger partial charge in [-0.2, -0.15) is 0 Å². The number of methoxy groups -OCH3 is 2. The maximum atomic E-state index is 13.0. The molecule has 63 heavy (non-hydrogen) atoms. The van der Waals surface area contributed by atoms with Gasteiger partial charge in [0.2, 0.25) is 0 Å². The van der Waals surface area contributed by atoms with Gasteiger partial charge in [-0.05, 0) is 79.4 Å². The van der Waals surface area contributed by atoms with Gasteiger partial charge in [0.15, 0.2) is 18.9 Å². The van der Waals surface area contributed by atoms with Gasteiger partial charge in [-0.15, -0.1) is 0 Å². The summed E-state index contributed by atoms with van der Waals surface area (Å²) in [5, 5.41) is 123. The van der Waals surface area contributed by atoms with Gasteiger partial charge in [-0.3, -0.25) is 0 Å². The monoisotopic (exact) mass is 908 g/mol. The summed E-state index contributed by atoms with van der Waals surface area (Å²) in [4.78, 5) is 0. The van der Waals surface area contributed by atoms with Crippen LogP contribution in [0.25, 0.3) is 0 Å². The Morgan fingerprint density at radius 2 is 1.33 bits per heavy atom. The van der Waals surface area contributed by atoms with Crippen molar-refractivity contribution in [1.82, 2.24) is 0 Å². The topological polar surface area (TPSA) is 296 Å². The van der Waals surface area contributed by atoms with Crippen molar-refractivity contribution in [2.45, 2.75) is 196 Å². The highest BCUT2D eigenvalue weighted by Gasteiger charge is 2.75. The Kier molecular flexibility index (Phi) is 15.4. The van der Waals surface area contributed by atoms with Crippen molar-refractivity contribution in [1.29, 1.82) is 0 Å². The molecule has 26 atom stereocenters. The van der Waals surface area contributed by atoms with E-state index in [0.29, 0.717) is 44.9 Å². The highest BCUT2D eigenvalue weighted by molar-refractivity contribution is 5.24. The van der Waals surface area contributed by atoms with Gasteiger partial charge in [-0.25, -0.2) is 0 Å². The van der Waals surface area contributed by atoms with E-state index in [1.165, 1.54) is 14.2 Å². The molecular weight excluding hydrogens is 832 g/mol. The molecule has 0 spiro atoms. The van der Waals surface area contributed by atoms with Gasteiger partial charge in [0.05, 0.1) is 50.3 Å². The van der Waals surface area contributed by atoms with Gasteiger partial charge in [0, 0.05) is 26.1 Å². The Labute approximate surface area is 369 Å². The van der Waals surface area contributed by atoms with Crippen LogP contribution in [0.1, 0.15) is 79.6 Å². The normalized spacial score (nSPS) is 53.5. The molecular formula is C44H76O19. The van der Waals surface area contributed by atoms with E-state index in [1.54, 1.807) is 0 Å². The summed E-state index contributed by atoms with van der Waals surface area (Å²) in [5.41, 5.74) is -3.33. The molecule has 11 N–H and O–H groups in total. The van der Waals surface area contributed by atoms with Crippen LogP contribution in [-0.2, 0) is 37.9 Å². The minimum atomic E-state index is -1.87. The highest BCUT2D eigenvalue weighted by atomic mass is 16.7. The lowest BCUT2D eigenvalue weighted by atomic mass is 9.40. The number of ether oxygens (including phenoxy) is 8. The molecule has 0 aromatic heterocycles. The zero-order valence-corrected chi connectivity index (χ0v) is 37.6. The predicted octanol–water partition coefficient (Wildman–Crippen LogP) is -1.86. The molecule has 0 bridgehead atoms. The highest BCUT2D eigenvalue weighted by Crippen LogP contribution is 2.70. The molecule has 3 heterocycles. The van der Waals surface area contributed by atoms with E-state index < -0.39 is 145 Å². The fourth-order valence-electron chi connectivity index (χ4n) is 13.5. The first-order valence-electron chi connectivity index (χ1n) is 23.0. The second kappa shape index (κ2) is 19.3. The van der Waals surface area contributed by atoms with Crippen molar-refractivity contribution in [3.63, 3.8) is 0 Å². The van der Waals surface area contributed by atoms with Crippen LogP contribution >= 0.6 is 0 Å². The fourth-order valence-corrected chi connectivity index (χ4v) is 13.5. The second-order valence-electron chi connectivity index (χ2n) is 20.8. The molecule has 7 aliphatic rings. The lowest BCUT2D eigenvalue weighted by molar-refractivity contribution is -0.339. The molecule has 0 amide bonds. The minimum Gasteiger partial charge on any atom is -0.393 e. The third kappa shape index (κ3) is 8.69. The number of rotatable bonds is 14. The first-order valence-corrected chi connectivity index (χ1v) is 23.0. The van der Waals surface area contributed by atoms with E-state index in [1.807, 2.05) is 20.8 Å². The third-order valence-electron chi connectivity index (χ3n) is 17.0. The smallest absolute Gasteiger partial charge is 0.186 e. The van der Waals surface area contributed by atoms with Crippen LogP contribution in [0.3, 0.4) is 0 Å². The number of hydrogen-bond donors (Lipinski definition) is 11. The molecule has 3 aliphatic heterocycles. The van der Waals surface area contributed by atoms with Crippen LogP contribution in [-0.4, -0.2) is 206 Å². The largest absolute Gasteiger partial charge is 0.393 e. The Bertz CT molecular complexity index is 1510. The first kappa shape index (κ1) is 50.1. The van der Waals surface area contributed by atoms with Crippen molar-refractivity contribution in [2.75, 3.05) is 34.0 Å². The summed E-state index contributed by atoms with van der Waals surface area (Å²) in [6, 6.07) is 0. The zero-order chi connectivity index (χ0) is 46.1. The van der Waals surface area contributed by atoms with Crippen LogP contribution < -0.4 is 0 Å². The van der Waals surface area contributed by atoms with Crippen LogP contribution in [0.4, 0.5) is 0 Å². The third-order valence-corrected chi connectivity index (χ3v) is 17.0. The maximum absolute atomic E-state index is 13.0. The molecule has 4 saturated carbocycles. The van der Waals surface area contributed by atoms with E-state index >= 15 is 0 Å². The lowest BCUT2D eigenvalue weighted by Gasteiger charge is -2.68. The average molecular weight is 909 g/mol. The second-order valence-corrected chi connectivity index (χ2v) is 20.8. The SMILES string of the molecule is CO[C@H]1[C@H](O[C@H]2CC[C@@]3(C)[C@H]([C@H]2O)[C@@H](O)[C@@H](O)[C@]2(O)[C@@H]3CC[C@]3(C)[C@@H]([C@H](C)CC[C@H](O[C@@H]4O[C@@H](CO[C@@H]5OC[C@@H](O)[C@H](O)[C@H]5O)[C@H](O)[C@H]4O)C(C)C)C[C@@H](O)[C@H]32)OC[C@@H](OC)[C@@H]1O. The predicted molar refractivity (Wildman–Crippen MR) is 217 cm³/mol. The molecule has 19 nitrogen and oxygen atoms in total. The van der Waals surface area contributed by atoms with Crippen molar-refractivity contribution >= 4 is 0 Å². The Morgan fingerprint density at radius 1 is 0.667 bits per heavy atom. The van der Waals surface area contributed by atoms with Crippen molar-refractivity contribution in [3.8, 4) is 0 Å². The lowest BCUT2D eigenvalue weighted by Crippen LogP contribution is -2.77. The Morgan fingerprint density at radius 3 is 2.00 bits per heavy atom. The number of hydrogen-bond acceptors (Lipinski definition) is 19. The van der Waals surface area contributed by atoms with Gasteiger partial charge < -0.3 is 94.1 Å². The van der Waals surface area contributed by atoms with Crippen LogP contribution in [0.2, 0.25) is 0 Å². The van der Waals surface area contributed by atoms with E-state index in [2.05, 4.69) is 13.8 Å². The summed E-state index contributed by atoms with van der Waals surface area (Å²) in [5.74, 6) is -2.30. The molecule has 7 fully saturated rings. The van der Waals surface area contributed by atoms with Crippen molar-refractivity contribution < 1.29 is 94.1 Å². The minimum absolute atomic E-state index is 0.00983. The van der Waals surface area contributed by atoms with E-state index in [-0.39, 0.29) is 37.6 Å². The molecule has 19 heteroatoms. The van der Waals surface area contributed by atoms with E-state index in [9.17, 15) is 56.2 Å². The Hall–Kier alpha value is -0.760. The van der Waals surface area contributed by atoms with Crippen LogP contribution in [0.15, 0.2) is 0 Å². The van der Waals surface area contributed by atoms with Crippen LogP contribution in [0.5, 0.6) is 0 Å². The quantitative estimate of drug-likeness (QED) is 0.0852. The van der Waals surface area contributed by atoms with Gasteiger partial charge in [0.25, 0.3) is 0 Å². The summed E-state index contributed by atoms with van der Waals surface area (Å²) in [6.45, 7) is 9.57. The molecule has 0 aromatic carbocycles. The van der Waals surface area contributed by atoms with Crippen molar-refractivity contribution in [3.05, 3.63) is 0 Å². The molecule has 0 unspecified atom stereocenters. The van der Waals surface area contributed by atoms with Gasteiger partial charge in [-0.1, -0.05) is 34.6 Å². The average Bonchev–Trinajstić information content (AvgIpc) is 3.68. The van der Waals surface area contributed by atoms with Crippen molar-refractivity contribution in [2.24, 2.45) is 46.3 Å². The summed E-state index contributed by atoms with van der Waals surface area (Å²) < 4.78 is 45.9. The van der Waals surface area contributed by atoms with Gasteiger partial charge in [0.1, 0.15) is 66.6 Å². The molecule has 0 radical (unpaired) electrons. The zero-order valence-electron chi connectivity index (χ0n) is 37.6. The standard InChI is InChI=1S/C44H76O19/c1-18(2)23(61-40-35(53)31(49)26(63-40)17-59-39-34(52)29(47)22(46)15-58-39)9-8-19(3)20-14-21(45)37-42(20,4)13-11-27-43(5)12-10-24(30(48)28(43)33(51)38(54)44(27,37)55)62-41-36(57-7)32(50)25(56-6)16-60-41/h18-41,45-55H,8-17H2,1-7H3/t19-,20-,21-,22-,23+,24+,25-,26+,27-,28-,29+,30+,31+,32+,33-,34-,35-,36-,37-,38-,39+,40-,41+,42-,43-,44+/m1/s1. The number of aliphatic hydroxyl groups is 11. The van der Waals surface area contributed by atoms with Gasteiger partial charge >= 0.3 is 0 Å².